The standard InChI is InChI=1S/C12H14O3/c1-8(13)15-10-6-4-5-9-11(10)12(2,3)7-14-9/h4-6H,7H2,1-3H3. The molecule has 15 heavy (non-hydrogen) atoms. The van der Waals surface area contributed by atoms with Gasteiger partial charge in [-0.1, -0.05) is 19.9 Å². The van der Waals surface area contributed by atoms with Crippen molar-refractivity contribution in [2.24, 2.45) is 0 Å². The minimum atomic E-state index is -0.300. The Kier molecular flexibility index (Phi) is 2.18. The summed E-state index contributed by atoms with van der Waals surface area (Å²) >= 11 is 0. The molecular weight excluding hydrogens is 192 g/mol. The molecule has 2 rings (SSSR count). The van der Waals surface area contributed by atoms with Gasteiger partial charge >= 0.3 is 5.97 Å². The molecule has 0 aromatic heterocycles. The lowest BCUT2D eigenvalue weighted by molar-refractivity contribution is -0.131. The maximum absolute atomic E-state index is 11.0. The third kappa shape index (κ3) is 1.69. The maximum Gasteiger partial charge on any atom is 0.308 e. The lowest BCUT2D eigenvalue weighted by atomic mass is 9.86. The van der Waals surface area contributed by atoms with Gasteiger partial charge in [-0.15, -0.1) is 0 Å². The molecule has 0 saturated carbocycles. The second-order valence-electron chi connectivity index (χ2n) is 4.40. The van der Waals surface area contributed by atoms with E-state index in [-0.39, 0.29) is 11.4 Å². The number of fused-ring (bicyclic) bond motifs is 1. The highest BCUT2D eigenvalue weighted by Crippen LogP contribution is 2.43. The largest absolute Gasteiger partial charge is 0.492 e. The van der Waals surface area contributed by atoms with Crippen LogP contribution < -0.4 is 9.47 Å². The van der Waals surface area contributed by atoms with Gasteiger partial charge in [0.2, 0.25) is 0 Å². The summed E-state index contributed by atoms with van der Waals surface area (Å²) in [4.78, 5) is 11.0. The van der Waals surface area contributed by atoms with Crippen molar-refractivity contribution in [1.82, 2.24) is 0 Å². The molecule has 0 atom stereocenters. The molecule has 0 spiro atoms. The maximum atomic E-state index is 11.0. The van der Waals surface area contributed by atoms with Gasteiger partial charge in [-0.3, -0.25) is 4.79 Å². The number of benzene rings is 1. The molecule has 0 bridgehead atoms. The first kappa shape index (κ1) is 10.0. The second kappa shape index (κ2) is 3.26. The van der Waals surface area contributed by atoms with Crippen molar-refractivity contribution in [3.63, 3.8) is 0 Å². The van der Waals surface area contributed by atoms with Crippen molar-refractivity contribution in [1.29, 1.82) is 0 Å². The number of hydrogen-bond donors (Lipinski definition) is 0. The quantitative estimate of drug-likeness (QED) is 0.522. The van der Waals surface area contributed by atoms with Crippen molar-refractivity contribution in [3.05, 3.63) is 23.8 Å². The Morgan fingerprint density at radius 3 is 2.87 bits per heavy atom. The molecule has 0 radical (unpaired) electrons. The predicted molar refractivity (Wildman–Crippen MR) is 56.3 cm³/mol. The molecular formula is C12H14O3. The molecule has 1 heterocycles. The molecule has 1 aliphatic rings. The minimum absolute atomic E-state index is 0.0959. The van der Waals surface area contributed by atoms with Crippen LogP contribution >= 0.6 is 0 Å². The van der Waals surface area contributed by atoms with E-state index < -0.39 is 0 Å². The van der Waals surface area contributed by atoms with E-state index in [9.17, 15) is 4.79 Å². The lowest BCUT2D eigenvalue weighted by Crippen LogP contribution is -2.19. The number of rotatable bonds is 1. The number of esters is 1. The normalized spacial score (nSPS) is 16.7. The summed E-state index contributed by atoms with van der Waals surface area (Å²) in [6.07, 6.45) is 0. The van der Waals surface area contributed by atoms with E-state index in [1.165, 1.54) is 6.92 Å². The van der Waals surface area contributed by atoms with Crippen LogP contribution in [0.25, 0.3) is 0 Å². The highest BCUT2D eigenvalue weighted by molar-refractivity contribution is 5.71. The zero-order chi connectivity index (χ0) is 11.1. The fourth-order valence-corrected chi connectivity index (χ4v) is 1.87. The molecule has 1 aliphatic heterocycles. The molecule has 80 valence electrons. The van der Waals surface area contributed by atoms with Crippen LogP contribution in [0.1, 0.15) is 26.3 Å². The first-order valence-electron chi connectivity index (χ1n) is 4.95. The van der Waals surface area contributed by atoms with Gasteiger partial charge in [0.05, 0.1) is 6.61 Å². The minimum Gasteiger partial charge on any atom is -0.492 e. The Morgan fingerprint density at radius 1 is 1.47 bits per heavy atom. The zero-order valence-corrected chi connectivity index (χ0v) is 9.16. The molecule has 3 nitrogen and oxygen atoms in total. The summed E-state index contributed by atoms with van der Waals surface area (Å²) < 4.78 is 10.7. The number of ether oxygens (including phenoxy) is 2. The van der Waals surface area contributed by atoms with Gasteiger partial charge in [0.15, 0.2) is 0 Å². The van der Waals surface area contributed by atoms with Gasteiger partial charge in [0.1, 0.15) is 11.5 Å². The lowest BCUT2D eigenvalue weighted by Gasteiger charge is -2.17. The average molecular weight is 206 g/mol. The van der Waals surface area contributed by atoms with Crippen LogP contribution in [0.3, 0.4) is 0 Å². The SMILES string of the molecule is CC(=O)Oc1cccc2c1C(C)(C)CO2. The summed E-state index contributed by atoms with van der Waals surface area (Å²) in [6, 6.07) is 5.53. The molecule has 0 fully saturated rings. The summed E-state index contributed by atoms with van der Waals surface area (Å²) in [7, 11) is 0. The fourth-order valence-electron chi connectivity index (χ4n) is 1.87. The molecule has 0 unspecified atom stereocenters. The highest BCUT2D eigenvalue weighted by atomic mass is 16.5. The van der Waals surface area contributed by atoms with E-state index in [0.717, 1.165) is 11.3 Å². The molecule has 0 N–H and O–H groups in total. The highest BCUT2D eigenvalue weighted by Gasteiger charge is 2.35. The third-order valence-electron chi connectivity index (χ3n) is 2.51. The smallest absolute Gasteiger partial charge is 0.308 e. The van der Waals surface area contributed by atoms with Crippen LogP contribution in [0.15, 0.2) is 18.2 Å². The summed E-state index contributed by atoms with van der Waals surface area (Å²) in [6.45, 7) is 6.18. The molecule has 1 aromatic carbocycles. The molecule has 1 aromatic rings. The molecule has 0 aliphatic carbocycles. The van der Waals surface area contributed by atoms with Gasteiger partial charge in [0, 0.05) is 17.9 Å². The Hall–Kier alpha value is -1.51. The van der Waals surface area contributed by atoms with Crippen LogP contribution in [0.5, 0.6) is 11.5 Å². The second-order valence-corrected chi connectivity index (χ2v) is 4.40. The van der Waals surface area contributed by atoms with Crippen LogP contribution in [0, 0.1) is 0 Å². The van der Waals surface area contributed by atoms with Crippen molar-refractivity contribution >= 4 is 5.97 Å². The Balaban J connectivity index is 2.49. The number of carbonyl (C=O) groups excluding carboxylic acids is 1. The first-order chi connectivity index (χ1) is 7.00. The Labute approximate surface area is 89.0 Å². The van der Waals surface area contributed by atoms with Crippen LogP contribution in [-0.2, 0) is 10.2 Å². The van der Waals surface area contributed by atoms with Gasteiger partial charge in [-0.25, -0.2) is 0 Å². The Morgan fingerprint density at radius 2 is 2.20 bits per heavy atom. The number of hydrogen-bond acceptors (Lipinski definition) is 3. The van der Waals surface area contributed by atoms with Crippen molar-refractivity contribution in [2.75, 3.05) is 6.61 Å². The van der Waals surface area contributed by atoms with Gasteiger partial charge in [-0.05, 0) is 12.1 Å². The van der Waals surface area contributed by atoms with Gasteiger partial charge in [-0.2, -0.15) is 0 Å². The van der Waals surface area contributed by atoms with Gasteiger partial charge < -0.3 is 9.47 Å². The van der Waals surface area contributed by atoms with Crippen molar-refractivity contribution in [3.8, 4) is 11.5 Å². The van der Waals surface area contributed by atoms with Crippen molar-refractivity contribution in [2.45, 2.75) is 26.2 Å². The van der Waals surface area contributed by atoms with E-state index in [2.05, 4.69) is 13.8 Å². The predicted octanol–water partition coefficient (Wildman–Crippen LogP) is 2.28. The topological polar surface area (TPSA) is 35.5 Å². The fraction of sp³-hybridized carbons (Fsp3) is 0.417. The monoisotopic (exact) mass is 206 g/mol. The summed E-state index contributed by atoms with van der Waals surface area (Å²) in [5.74, 6) is 1.13. The van der Waals surface area contributed by atoms with E-state index in [4.69, 9.17) is 9.47 Å². The van der Waals surface area contributed by atoms with Crippen LogP contribution in [0.2, 0.25) is 0 Å². The van der Waals surface area contributed by atoms with E-state index in [0.29, 0.717) is 12.4 Å². The van der Waals surface area contributed by atoms with Crippen molar-refractivity contribution < 1.29 is 14.3 Å². The van der Waals surface area contributed by atoms with Crippen LogP contribution in [-0.4, -0.2) is 12.6 Å². The third-order valence-corrected chi connectivity index (χ3v) is 2.51. The zero-order valence-electron chi connectivity index (χ0n) is 9.16. The molecule has 3 heteroatoms. The first-order valence-corrected chi connectivity index (χ1v) is 4.95. The molecule has 0 saturated heterocycles. The van der Waals surface area contributed by atoms with Crippen LogP contribution in [0.4, 0.5) is 0 Å². The van der Waals surface area contributed by atoms with E-state index in [1.807, 2.05) is 12.1 Å². The number of carbonyl (C=O) groups is 1. The summed E-state index contributed by atoms with van der Waals surface area (Å²) in [5.41, 5.74) is 0.890. The molecule has 0 amide bonds. The summed E-state index contributed by atoms with van der Waals surface area (Å²) in [5, 5.41) is 0. The van der Waals surface area contributed by atoms with Gasteiger partial charge in [0.25, 0.3) is 0 Å². The van der Waals surface area contributed by atoms with E-state index in [1.54, 1.807) is 6.07 Å². The average Bonchev–Trinajstić information content (AvgIpc) is 2.43. The van der Waals surface area contributed by atoms with E-state index >= 15 is 0 Å². The Bertz CT molecular complexity index is 407.